The first-order chi connectivity index (χ1) is 5.70. The van der Waals surface area contributed by atoms with Gasteiger partial charge in [0.05, 0.1) is 0 Å². The van der Waals surface area contributed by atoms with Gasteiger partial charge in [-0.3, -0.25) is 4.79 Å². The molecule has 0 spiro atoms. The van der Waals surface area contributed by atoms with E-state index >= 15 is 0 Å². The molecule has 2 N–H and O–H groups in total. The van der Waals surface area contributed by atoms with Gasteiger partial charge in [-0.1, -0.05) is 20.8 Å². The van der Waals surface area contributed by atoms with Crippen LogP contribution in [0.25, 0.3) is 0 Å². The molecule has 1 unspecified atom stereocenters. The average Bonchev–Trinajstić information content (AvgIpc) is 2.07. The summed E-state index contributed by atoms with van der Waals surface area (Å²) in [5, 5.41) is 5.84. The predicted octanol–water partition coefficient (Wildman–Crippen LogP) is 1.15. The van der Waals surface area contributed by atoms with Crippen molar-refractivity contribution in [1.29, 1.82) is 0 Å². The lowest BCUT2D eigenvalue weighted by Gasteiger charge is -2.14. The van der Waals surface area contributed by atoms with Crippen LogP contribution in [0.3, 0.4) is 0 Å². The largest absolute Gasteiger partial charge is 0.352 e. The molecule has 0 aliphatic rings. The highest BCUT2D eigenvalue weighted by Crippen LogP contribution is 1.87. The first-order valence-electron chi connectivity index (χ1n) is 4.62. The van der Waals surface area contributed by atoms with Crippen LogP contribution in [0.4, 0.5) is 0 Å². The molecule has 0 aliphatic carbocycles. The van der Waals surface area contributed by atoms with E-state index in [4.69, 9.17) is 0 Å². The second-order valence-corrected chi connectivity index (χ2v) is 2.36. The first-order valence-corrected chi connectivity index (χ1v) is 4.62. The van der Waals surface area contributed by atoms with Gasteiger partial charge in [0.2, 0.25) is 5.91 Å². The number of rotatable bonds is 4. The number of nitrogens with one attached hydrogen (secondary N) is 2. The van der Waals surface area contributed by atoms with Crippen molar-refractivity contribution in [2.75, 3.05) is 13.6 Å². The van der Waals surface area contributed by atoms with E-state index in [2.05, 4.69) is 17.6 Å². The van der Waals surface area contributed by atoms with Crippen molar-refractivity contribution < 1.29 is 4.79 Å². The Balaban J connectivity index is 0. The van der Waals surface area contributed by atoms with Crippen LogP contribution < -0.4 is 10.6 Å². The van der Waals surface area contributed by atoms with E-state index in [1.54, 1.807) is 6.92 Å². The maximum Gasteiger partial charge on any atom is 0.217 e. The van der Waals surface area contributed by atoms with Gasteiger partial charge in [0, 0.05) is 19.5 Å². The quantitative estimate of drug-likeness (QED) is 0.671. The molecule has 0 aromatic carbocycles. The van der Waals surface area contributed by atoms with Crippen LogP contribution in [0.15, 0.2) is 0 Å². The molecule has 0 saturated carbocycles. The van der Waals surface area contributed by atoms with Crippen molar-refractivity contribution in [3.05, 3.63) is 0 Å². The summed E-state index contributed by atoms with van der Waals surface area (Å²) in [5.74, 6) is 0.0436. The second-order valence-electron chi connectivity index (χ2n) is 2.36. The Bertz CT molecular complexity index is 105. The Labute approximate surface area is 75.9 Å². The Morgan fingerprint density at radius 3 is 2.17 bits per heavy atom. The summed E-state index contributed by atoms with van der Waals surface area (Å²) in [6, 6.07) is 0.280. The van der Waals surface area contributed by atoms with E-state index in [0.29, 0.717) is 0 Å². The molecule has 1 atom stereocenters. The highest BCUT2D eigenvalue weighted by molar-refractivity contribution is 5.73. The molecule has 0 saturated heterocycles. The fourth-order valence-electron chi connectivity index (χ4n) is 0.831. The van der Waals surface area contributed by atoms with Crippen LogP contribution in [0, 0.1) is 0 Å². The fraction of sp³-hybridized carbons (Fsp3) is 0.889. The fourth-order valence-corrected chi connectivity index (χ4v) is 0.831. The molecule has 0 aromatic rings. The maximum atomic E-state index is 10.5. The lowest BCUT2D eigenvalue weighted by atomic mass is 10.2. The minimum atomic E-state index is 0.0436. The van der Waals surface area contributed by atoms with E-state index < -0.39 is 0 Å². The number of hydrogen-bond donors (Lipinski definition) is 2. The van der Waals surface area contributed by atoms with Gasteiger partial charge in [-0.15, -0.1) is 0 Å². The van der Waals surface area contributed by atoms with Gasteiger partial charge in [0.25, 0.3) is 0 Å². The zero-order valence-corrected chi connectivity index (χ0v) is 8.90. The molecule has 1 amide bonds. The molecule has 0 radical (unpaired) electrons. The molecule has 0 aromatic heterocycles. The lowest BCUT2D eigenvalue weighted by Crippen LogP contribution is -2.39. The van der Waals surface area contributed by atoms with Crippen LogP contribution >= 0.6 is 0 Å². The number of carbonyl (C=O) groups is 1. The minimum Gasteiger partial charge on any atom is -0.352 e. The minimum absolute atomic E-state index is 0.0436. The Kier molecular flexibility index (Phi) is 12.2. The Morgan fingerprint density at radius 1 is 1.42 bits per heavy atom. The molecule has 0 fully saturated rings. The first kappa shape index (κ1) is 14.0. The zero-order valence-electron chi connectivity index (χ0n) is 8.90. The van der Waals surface area contributed by atoms with Gasteiger partial charge in [-0.2, -0.15) is 0 Å². The van der Waals surface area contributed by atoms with Crippen molar-refractivity contribution in [3.8, 4) is 0 Å². The number of carbonyl (C=O) groups excluding carboxylic acids is 1. The predicted molar refractivity (Wildman–Crippen MR) is 53.2 cm³/mol. The van der Waals surface area contributed by atoms with Crippen LogP contribution in [-0.2, 0) is 4.79 Å². The van der Waals surface area contributed by atoms with Gasteiger partial charge >= 0.3 is 0 Å². The average molecular weight is 174 g/mol. The van der Waals surface area contributed by atoms with Gasteiger partial charge in [0.15, 0.2) is 0 Å². The molecule has 0 bridgehead atoms. The van der Waals surface area contributed by atoms with E-state index in [9.17, 15) is 4.79 Å². The molecular formula is C9H22N2O. The second kappa shape index (κ2) is 10.4. The summed E-state index contributed by atoms with van der Waals surface area (Å²) in [5.41, 5.74) is 0. The topological polar surface area (TPSA) is 41.1 Å². The standard InChI is InChI=1S/C7H16N2O.C2H6/c1-4-7(5-8-3)9-6(2)10;1-2/h7-8H,4-5H2,1-3H3,(H,9,10);1-2H3. The third kappa shape index (κ3) is 9.43. The highest BCUT2D eigenvalue weighted by Gasteiger charge is 2.03. The van der Waals surface area contributed by atoms with E-state index in [1.165, 1.54) is 0 Å². The van der Waals surface area contributed by atoms with E-state index in [-0.39, 0.29) is 11.9 Å². The van der Waals surface area contributed by atoms with Gasteiger partial charge in [-0.05, 0) is 13.5 Å². The highest BCUT2D eigenvalue weighted by atomic mass is 16.1. The van der Waals surface area contributed by atoms with Gasteiger partial charge in [0.1, 0.15) is 0 Å². The SMILES string of the molecule is CC.CCC(CNC)NC(C)=O. The van der Waals surface area contributed by atoms with Crippen LogP contribution in [0.5, 0.6) is 0 Å². The van der Waals surface area contributed by atoms with E-state index in [1.807, 2.05) is 20.9 Å². The molecule has 3 heteroatoms. The lowest BCUT2D eigenvalue weighted by molar-refractivity contribution is -0.119. The molecule has 74 valence electrons. The third-order valence-electron chi connectivity index (χ3n) is 1.35. The summed E-state index contributed by atoms with van der Waals surface area (Å²) in [4.78, 5) is 10.5. The van der Waals surface area contributed by atoms with Crippen molar-refractivity contribution in [1.82, 2.24) is 10.6 Å². The zero-order chi connectivity index (χ0) is 9.98. The van der Waals surface area contributed by atoms with Crippen molar-refractivity contribution in [3.63, 3.8) is 0 Å². The van der Waals surface area contributed by atoms with Crippen molar-refractivity contribution in [2.24, 2.45) is 0 Å². The van der Waals surface area contributed by atoms with Gasteiger partial charge < -0.3 is 10.6 Å². The smallest absolute Gasteiger partial charge is 0.217 e. The van der Waals surface area contributed by atoms with Crippen LogP contribution in [-0.4, -0.2) is 25.5 Å². The molecule has 0 aliphatic heterocycles. The summed E-state index contributed by atoms with van der Waals surface area (Å²) in [7, 11) is 1.88. The molecular weight excluding hydrogens is 152 g/mol. The normalized spacial score (nSPS) is 11.1. The summed E-state index contributed by atoms with van der Waals surface area (Å²) in [6.45, 7) is 8.44. The summed E-state index contributed by atoms with van der Waals surface area (Å²) in [6.07, 6.45) is 0.973. The number of likely N-dealkylation sites (N-methyl/N-ethyl adjacent to an activating group) is 1. The number of hydrogen-bond acceptors (Lipinski definition) is 2. The summed E-state index contributed by atoms with van der Waals surface area (Å²) < 4.78 is 0. The number of amides is 1. The van der Waals surface area contributed by atoms with Crippen molar-refractivity contribution >= 4 is 5.91 Å². The Morgan fingerprint density at radius 2 is 1.92 bits per heavy atom. The van der Waals surface area contributed by atoms with Crippen LogP contribution in [0.1, 0.15) is 34.1 Å². The molecule has 12 heavy (non-hydrogen) atoms. The summed E-state index contributed by atoms with van der Waals surface area (Å²) >= 11 is 0. The maximum absolute atomic E-state index is 10.5. The molecule has 0 rings (SSSR count). The molecule has 0 heterocycles. The van der Waals surface area contributed by atoms with Crippen LogP contribution in [0.2, 0.25) is 0 Å². The van der Waals surface area contributed by atoms with Crippen molar-refractivity contribution in [2.45, 2.75) is 40.2 Å². The van der Waals surface area contributed by atoms with E-state index in [0.717, 1.165) is 13.0 Å². The monoisotopic (exact) mass is 174 g/mol. The van der Waals surface area contributed by atoms with Gasteiger partial charge in [-0.25, -0.2) is 0 Å². The third-order valence-corrected chi connectivity index (χ3v) is 1.35. The molecule has 3 nitrogen and oxygen atoms in total. The Hall–Kier alpha value is -0.570.